The van der Waals surface area contributed by atoms with Crippen molar-refractivity contribution in [3.63, 3.8) is 0 Å². The molecule has 1 saturated heterocycles. The fourth-order valence-electron chi connectivity index (χ4n) is 2.81. The second-order valence-corrected chi connectivity index (χ2v) is 7.67. The van der Waals surface area contributed by atoms with Crippen LogP contribution in [0.4, 0.5) is 9.18 Å². The summed E-state index contributed by atoms with van der Waals surface area (Å²) in [6.07, 6.45) is 0.548. The van der Waals surface area contributed by atoms with Gasteiger partial charge in [0.05, 0.1) is 0 Å². The molecule has 0 aliphatic carbocycles. The van der Waals surface area contributed by atoms with Crippen LogP contribution in [0.25, 0.3) is 0 Å². The summed E-state index contributed by atoms with van der Waals surface area (Å²) >= 11 is 3.30. The largest absolute Gasteiger partial charge is 0.339 e. The average molecular weight is 428 g/mol. The molecule has 1 aromatic rings. The van der Waals surface area contributed by atoms with Crippen LogP contribution in [0.1, 0.15) is 39.2 Å². The normalized spacial score (nSPS) is 16.0. The number of carbonyl (C=O) groups is 3. The van der Waals surface area contributed by atoms with E-state index in [4.69, 9.17) is 0 Å². The van der Waals surface area contributed by atoms with E-state index >= 15 is 0 Å². The van der Waals surface area contributed by atoms with Gasteiger partial charge in [-0.2, -0.15) is 0 Å². The Bertz CT molecular complexity index is 724. The van der Waals surface area contributed by atoms with Gasteiger partial charge in [0.1, 0.15) is 11.4 Å². The number of nitrogens with zero attached hydrogens (tertiary/aromatic N) is 2. The molecule has 1 aromatic carbocycles. The Balaban J connectivity index is 1.90. The van der Waals surface area contributed by atoms with Crippen molar-refractivity contribution in [3.8, 4) is 0 Å². The number of imide groups is 1. The highest BCUT2D eigenvalue weighted by atomic mass is 79.9. The van der Waals surface area contributed by atoms with E-state index in [1.807, 2.05) is 6.92 Å². The lowest BCUT2D eigenvalue weighted by atomic mass is 10.1. The summed E-state index contributed by atoms with van der Waals surface area (Å²) < 4.78 is 14.6. The van der Waals surface area contributed by atoms with Crippen molar-refractivity contribution in [2.24, 2.45) is 0 Å². The molecule has 0 saturated carbocycles. The minimum atomic E-state index is -0.908. The molecule has 142 valence electrons. The first-order valence-corrected chi connectivity index (χ1v) is 9.31. The van der Waals surface area contributed by atoms with Crippen LogP contribution in [0, 0.1) is 5.82 Å². The van der Waals surface area contributed by atoms with Crippen molar-refractivity contribution in [1.82, 2.24) is 15.1 Å². The van der Waals surface area contributed by atoms with Crippen LogP contribution in [-0.2, 0) is 16.1 Å². The van der Waals surface area contributed by atoms with Crippen molar-refractivity contribution >= 4 is 33.8 Å². The molecule has 6 nitrogen and oxygen atoms in total. The monoisotopic (exact) mass is 427 g/mol. The second kappa shape index (κ2) is 8.16. The molecular weight excluding hydrogens is 405 g/mol. The van der Waals surface area contributed by atoms with Gasteiger partial charge >= 0.3 is 6.03 Å². The number of rotatable bonds is 7. The van der Waals surface area contributed by atoms with E-state index < -0.39 is 11.6 Å². The Morgan fingerprint density at radius 2 is 2.04 bits per heavy atom. The number of carbonyl (C=O) groups excluding carboxylic acids is 3. The van der Waals surface area contributed by atoms with Crippen molar-refractivity contribution in [2.75, 3.05) is 13.1 Å². The van der Waals surface area contributed by atoms with Crippen LogP contribution >= 0.6 is 15.9 Å². The van der Waals surface area contributed by atoms with E-state index in [2.05, 4.69) is 21.2 Å². The van der Waals surface area contributed by atoms with Gasteiger partial charge in [-0.05, 0) is 45.4 Å². The third kappa shape index (κ3) is 4.60. The maximum atomic E-state index is 13.9. The zero-order valence-electron chi connectivity index (χ0n) is 15.1. The van der Waals surface area contributed by atoms with Gasteiger partial charge in [-0.25, -0.2) is 9.18 Å². The topological polar surface area (TPSA) is 69.7 Å². The first-order chi connectivity index (χ1) is 12.2. The van der Waals surface area contributed by atoms with Gasteiger partial charge in [-0.1, -0.05) is 15.9 Å². The predicted molar refractivity (Wildman–Crippen MR) is 98.7 cm³/mol. The summed E-state index contributed by atoms with van der Waals surface area (Å²) in [7, 11) is 0. The number of hydrogen-bond acceptors (Lipinski definition) is 3. The fourth-order valence-corrected chi connectivity index (χ4v) is 3.22. The highest BCUT2D eigenvalue weighted by Gasteiger charge is 2.43. The number of urea groups is 1. The Morgan fingerprint density at radius 1 is 1.35 bits per heavy atom. The highest BCUT2D eigenvalue weighted by Crippen LogP contribution is 2.19. The Kier molecular flexibility index (Phi) is 6.39. The third-order valence-electron chi connectivity index (χ3n) is 4.32. The molecule has 1 N–H and O–H groups in total. The van der Waals surface area contributed by atoms with Crippen LogP contribution in [-0.4, -0.2) is 46.3 Å². The lowest BCUT2D eigenvalue weighted by Crippen LogP contribution is -2.40. The molecule has 0 atom stereocenters. The van der Waals surface area contributed by atoms with Gasteiger partial charge in [0.2, 0.25) is 5.91 Å². The van der Waals surface area contributed by atoms with Gasteiger partial charge in [0.15, 0.2) is 0 Å². The van der Waals surface area contributed by atoms with Crippen molar-refractivity contribution < 1.29 is 18.8 Å². The Morgan fingerprint density at radius 3 is 2.62 bits per heavy atom. The smallest absolute Gasteiger partial charge is 0.325 e. The van der Waals surface area contributed by atoms with Crippen LogP contribution < -0.4 is 5.32 Å². The maximum Gasteiger partial charge on any atom is 0.325 e. The van der Waals surface area contributed by atoms with Crippen LogP contribution in [0.15, 0.2) is 22.7 Å². The zero-order valence-corrected chi connectivity index (χ0v) is 16.7. The lowest BCUT2D eigenvalue weighted by molar-refractivity contribution is -0.133. The molecule has 2 rings (SSSR count). The van der Waals surface area contributed by atoms with Gasteiger partial charge < -0.3 is 10.2 Å². The Labute approximate surface area is 160 Å². The van der Waals surface area contributed by atoms with Crippen molar-refractivity contribution in [3.05, 3.63) is 34.1 Å². The molecule has 0 spiro atoms. The number of nitrogens with one attached hydrogen (secondary N) is 1. The fraction of sp³-hybridized carbons (Fsp3) is 0.500. The van der Waals surface area contributed by atoms with E-state index in [0.717, 1.165) is 9.37 Å². The number of amides is 4. The van der Waals surface area contributed by atoms with Crippen LogP contribution in [0.2, 0.25) is 0 Å². The molecule has 1 aliphatic rings. The molecule has 1 fully saturated rings. The summed E-state index contributed by atoms with van der Waals surface area (Å²) in [6, 6.07) is 4.18. The maximum absolute atomic E-state index is 13.9. The summed E-state index contributed by atoms with van der Waals surface area (Å²) in [6.45, 7) is 5.92. The first-order valence-electron chi connectivity index (χ1n) is 8.51. The van der Waals surface area contributed by atoms with Crippen molar-refractivity contribution in [2.45, 2.75) is 45.7 Å². The Hall–Kier alpha value is -1.96. The summed E-state index contributed by atoms with van der Waals surface area (Å²) in [5.74, 6) is -0.794. The molecule has 1 heterocycles. The van der Waals surface area contributed by atoms with Crippen molar-refractivity contribution in [1.29, 1.82) is 0 Å². The first kappa shape index (κ1) is 20.4. The van der Waals surface area contributed by atoms with E-state index in [9.17, 15) is 18.8 Å². The quantitative estimate of drug-likeness (QED) is 0.679. The molecule has 0 bridgehead atoms. The van der Waals surface area contributed by atoms with Gasteiger partial charge in [0, 0.05) is 36.1 Å². The minimum Gasteiger partial charge on any atom is -0.339 e. The molecular formula is C18H23BrFN3O3. The van der Waals surface area contributed by atoms with Crippen LogP contribution in [0.3, 0.4) is 0 Å². The van der Waals surface area contributed by atoms with Gasteiger partial charge in [-0.3, -0.25) is 14.5 Å². The van der Waals surface area contributed by atoms with E-state index in [0.29, 0.717) is 18.5 Å². The molecule has 0 unspecified atom stereocenters. The zero-order chi connectivity index (χ0) is 19.5. The van der Waals surface area contributed by atoms with E-state index in [-0.39, 0.29) is 37.1 Å². The molecule has 1 aliphatic heterocycles. The molecule has 4 amide bonds. The lowest BCUT2D eigenvalue weighted by Gasteiger charge is -2.22. The van der Waals surface area contributed by atoms with Crippen LogP contribution in [0.5, 0.6) is 0 Å². The predicted octanol–water partition coefficient (Wildman–Crippen LogP) is 3.05. The van der Waals surface area contributed by atoms with Gasteiger partial charge in [0.25, 0.3) is 5.91 Å². The summed E-state index contributed by atoms with van der Waals surface area (Å²) in [5.41, 5.74) is -0.472. The molecule has 8 heteroatoms. The molecule has 0 radical (unpaired) electrons. The number of hydrogen-bond donors (Lipinski definition) is 1. The summed E-state index contributed by atoms with van der Waals surface area (Å²) in [5, 5.41) is 2.61. The minimum absolute atomic E-state index is 0.141. The highest BCUT2D eigenvalue weighted by molar-refractivity contribution is 9.10. The molecule has 26 heavy (non-hydrogen) atoms. The summed E-state index contributed by atoms with van der Waals surface area (Å²) in [4.78, 5) is 39.1. The second-order valence-electron chi connectivity index (χ2n) is 6.76. The average Bonchev–Trinajstić information content (AvgIpc) is 2.76. The van der Waals surface area contributed by atoms with E-state index in [1.165, 1.54) is 6.07 Å². The standard InChI is InChI=1S/C18H23BrFN3O3/c1-4-22(11-12-10-13(19)7-8-14(12)20)15(24)6-5-9-23-16(25)18(2,3)21-17(23)26/h7-8,10H,4-6,9,11H2,1-3H3,(H,21,26). The third-order valence-corrected chi connectivity index (χ3v) is 4.81. The van der Waals surface area contributed by atoms with Gasteiger partial charge in [-0.15, -0.1) is 0 Å². The number of benzene rings is 1. The SMILES string of the molecule is CCN(Cc1cc(Br)ccc1F)C(=O)CCCN1C(=O)NC(C)(C)C1=O. The van der Waals surface area contributed by atoms with E-state index in [1.54, 1.807) is 30.9 Å². The molecule has 0 aromatic heterocycles. The number of halogens is 2.